The summed E-state index contributed by atoms with van der Waals surface area (Å²) in [6.07, 6.45) is 3.72. The Balaban J connectivity index is 2.05. The van der Waals surface area contributed by atoms with Crippen LogP contribution in [0.2, 0.25) is 0 Å². The van der Waals surface area contributed by atoms with Gasteiger partial charge in [0.25, 0.3) is 0 Å². The minimum absolute atomic E-state index is 0.417. The number of carbonyl (C=O) groups is 1. The number of hydrogen-bond acceptors (Lipinski definition) is 3. The fourth-order valence-electron chi connectivity index (χ4n) is 1.99. The Morgan fingerprint density at radius 2 is 1.95 bits per heavy atom. The molecule has 4 nitrogen and oxygen atoms in total. The van der Waals surface area contributed by atoms with Crippen LogP contribution >= 0.6 is 0 Å². The van der Waals surface area contributed by atoms with Crippen LogP contribution < -0.4 is 0 Å². The summed E-state index contributed by atoms with van der Waals surface area (Å²) in [6, 6.07) is 13.4. The first-order chi connectivity index (χ1) is 9.25. The molecule has 19 heavy (non-hydrogen) atoms. The summed E-state index contributed by atoms with van der Waals surface area (Å²) in [5, 5.41) is 3.87. The Morgan fingerprint density at radius 3 is 2.63 bits per heavy atom. The van der Waals surface area contributed by atoms with Crippen molar-refractivity contribution in [3.63, 3.8) is 0 Å². The van der Waals surface area contributed by atoms with E-state index in [9.17, 15) is 4.79 Å². The third kappa shape index (κ3) is 2.08. The van der Waals surface area contributed by atoms with Gasteiger partial charge in [0.15, 0.2) is 0 Å². The van der Waals surface area contributed by atoms with Gasteiger partial charge in [-0.25, -0.2) is 4.79 Å². The summed E-state index contributed by atoms with van der Waals surface area (Å²) in [7, 11) is 1.92. The van der Waals surface area contributed by atoms with Crippen molar-refractivity contribution in [2.45, 2.75) is 0 Å². The van der Waals surface area contributed by atoms with Crippen molar-refractivity contribution < 1.29 is 9.63 Å². The zero-order valence-corrected chi connectivity index (χ0v) is 10.4. The van der Waals surface area contributed by atoms with E-state index in [1.165, 1.54) is 0 Å². The number of hydrogen-bond donors (Lipinski definition) is 0. The molecule has 0 saturated heterocycles. The van der Waals surface area contributed by atoms with Gasteiger partial charge in [-0.15, -0.1) is 0 Å². The normalized spacial score (nSPS) is 16.6. The predicted molar refractivity (Wildman–Crippen MR) is 72.5 cm³/mol. The molecule has 0 bridgehead atoms. The lowest BCUT2D eigenvalue weighted by atomic mass is 10.0. The average molecular weight is 252 g/mol. The molecule has 0 unspecified atom stereocenters. The zero-order chi connectivity index (χ0) is 13.2. The van der Waals surface area contributed by atoms with E-state index in [0.29, 0.717) is 11.3 Å². The van der Waals surface area contributed by atoms with Gasteiger partial charge in [0.2, 0.25) is 0 Å². The summed E-state index contributed by atoms with van der Waals surface area (Å²) in [5.74, 6) is -0.417. The van der Waals surface area contributed by atoms with Crippen LogP contribution in [-0.2, 0) is 16.7 Å². The molecule has 2 aromatic rings. The lowest BCUT2D eigenvalue weighted by molar-refractivity contribution is -0.136. The summed E-state index contributed by atoms with van der Waals surface area (Å²) in [4.78, 5) is 16.6. The van der Waals surface area contributed by atoms with Gasteiger partial charge in [-0.1, -0.05) is 35.5 Å². The van der Waals surface area contributed by atoms with Gasteiger partial charge in [0, 0.05) is 24.5 Å². The lowest BCUT2D eigenvalue weighted by Gasteiger charge is -2.01. The van der Waals surface area contributed by atoms with Crippen molar-refractivity contribution in [3.05, 3.63) is 65.5 Å². The smallest absolute Gasteiger partial charge is 0.351 e. The highest BCUT2D eigenvalue weighted by atomic mass is 16.7. The molecule has 0 spiro atoms. The van der Waals surface area contributed by atoms with Crippen LogP contribution in [0, 0.1) is 0 Å². The van der Waals surface area contributed by atoms with Crippen molar-refractivity contribution in [1.29, 1.82) is 0 Å². The number of nitrogens with zero attached hydrogens (tertiary/aromatic N) is 2. The quantitative estimate of drug-likeness (QED) is 0.608. The first kappa shape index (κ1) is 11.5. The molecule has 0 N–H and O–H groups in total. The summed E-state index contributed by atoms with van der Waals surface area (Å²) in [6.45, 7) is 0. The van der Waals surface area contributed by atoms with Gasteiger partial charge in [-0.3, -0.25) is 0 Å². The van der Waals surface area contributed by atoms with Crippen LogP contribution in [0.25, 0.3) is 6.08 Å². The average Bonchev–Trinajstić information content (AvgIpc) is 2.99. The van der Waals surface area contributed by atoms with Gasteiger partial charge in [-0.05, 0) is 18.2 Å². The Hall–Kier alpha value is -2.62. The number of carbonyl (C=O) groups excluding carboxylic acids is 1. The molecular formula is C15H12N2O2. The predicted octanol–water partition coefficient (Wildman–Crippen LogP) is 2.37. The number of aromatic nitrogens is 1. The lowest BCUT2D eigenvalue weighted by Crippen LogP contribution is -2.07. The number of aryl methyl sites for hydroxylation is 1. The molecule has 3 rings (SSSR count). The second kappa shape index (κ2) is 4.57. The first-order valence-corrected chi connectivity index (χ1v) is 5.94. The van der Waals surface area contributed by atoms with Crippen molar-refractivity contribution in [3.8, 4) is 0 Å². The highest BCUT2D eigenvalue weighted by molar-refractivity contribution is 6.31. The maximum atomic E-state index is 11.8. The van der Waals surface area contributed by atoms with Gasteiger partial charge >= 0.3 is 5.97 Å². The van der Waals surface area contributed by atoms with E-state index in [4.69, 9.17) is 4.84 Å². The Kier molecular flexibility index (Phi) is 2.76. The molecule has 1 aliphatic rings. The number of rotatable bonds is 2. The maximum absolute atomic E-state index is 11.8. The molecular weight excluding hydrogens is 240 g/mol. The fraction of sp³-hybridized carbons (Fsp3) is 0.0667. The standard InChI is InChI=1S/C15H12N2O2/c1-17-9-5-8-12(17)10-13-14(16-19-15(13)18)11-6-3-2-4-7-11/h2-10H,1H3/b13-10-. The third-order valence-electron chi connectivity index (χ3n) is 3.02. The molecule has 2 heterocycles. The molecule has 1 aliphatic heterocycles. The van der Waals surface area contributed by atoms with E-state index >= 15 is 0 Å². The molecule has 94 valence electrons. The number of oxime groups is 1. The molecule has 0 saturated carbocycles. The molecule has 0 aliphatic carbocycles. The van der Waals surface area contributed by atoms with Crippen LogP contribution in [0.15, 0.2) is 59.4 Å². The van der Waals surface area contributed by atoms with Crippen LogP contribution in [0.4, 0.5) is 0 Å². The largest absolute Gasteiger partial charge is 0.368 e. The topological polar surface area (TPSA) is 43.6 Å². The fourth-order valence-corrected chi connectivity index (χ4v) is 1.99. The van der Waals surface area contributed by atoms with Gasteiger partial charge < -0.3 is 9.40 Å². The van der Waals surface area contributed by atoms with E-state index in [0.717, 1.165) is 11.3 Å². The number of benzene rings is 1. The van der Waals surface area contributed by atoms with E-state index in [-0.39, 0.29) is 0 Å². The Morgan fingerprint density at radius 1 is 1.16 bits per heavy atom. The van der Waals surface area contributed by atoms with Gasteiger partial charge in [-0.2, -0.15) is 0 Å². The second-order valence-corrected chi connectivity index (χ2v) is 4.29. The Labute approximate surface area is 110 Å². The van der Waals surface area contributed by atoms with Crippen LogP contribution in [-0.4, -0.2) is 16.2 Å². The van der Waals surface area contributed by atoms with Crippen molar-refractivity contribution in [1.82, 2.24) is 4.57 Å². The highest BCUT2D eigenvalue weighted by Gasteiger charge is 2.26. The molecule has 0 amide bonds. The summed E-state index contributed by atoms with van der Waals surface area (Å²) >= 11 is 0. The Bertz CT molecular complexity index is 681. The van der Waals surface area contributed by atoms with E-state index < -0.39 is 5.97 Å². The molecule has 1 aromatic carbocycles. The van der Waals surface area contributed by atoms with Gasteiger partial charge in [0.05, 0.1) is 5.57 Å². The summed E-state index contributed by atoms with van der Waals surface area (Å²) < 4.78 is 1.93. The van der Waals surface area contributed by atoms with Crippen molar-refractivity contribution >= 4 is 17.8 Å². The minimum Gasteiger partial charge on any atom is -0.351 e. The van der Waals surface area contributed by atoms with E-state index in [1.807, 2.05) is 60.3 Å². The van der Waals surface area contributed by atoms with Crippen molar-refractivity contribution in [2.75, 3.05) is 0 Å². The molecule has 0 fully saturated rings. The van der Waals surface area contributed by atoms with Crippen LogP contribution in [0.3, 0.4) is 0 Å². The second-order valence-electron chi connectivity index (χ2n) is 4.29. The van der Waals surface area contributed by atoms with E-state index in [1.54, 1.807) is 6.08 Å². The highest BCUT2D eigenvalue weighted by Crippen LogP contribution is 2.20. The zero-order valence-electron chi connectivity index (χ0n) is 10.4. The first-order valence-electron chi connectivity index (χ1n) is 5.94. The van der Waals surface area contributed by atoms with Gasteiger partial charge in [0.1, 0.15) is 5.71 Å². The molecule has 0 radical (unpaired) electrons. The van der Waals surface area contributed by atoms with Crippen LogP contribution in [0.5, 0.6) is 0 Å². The molecule has 1 aromatic heterocycles. The third-order valence-corrected chi connectivity index (χ3v) is 3.02. The SMILES string of the molecule is Cn1cccc1/C=C1\C(=O)ON=C1c1ccccc1. The molecule has 0 atom stereocenters. The van der Waals surface area contributed by atoms with Crippen LogP contribution in [0.1, 0.15) is 11.3 Å². The van der Waals surface area contributed by atoms with E-state index in [2.05, 4.69) is 5.16 Å². The maximum Gasteiger partial charge on any atom is 0.368 e. The minimum atomic E-state index is -0.417. The molecule has 4 heteroatoms. The monoisotopic (exact) mass is 252 g/mol. The summed E-state index contributed by atoms with van der Waals surface area (Å²) in [5.41, 5.74) is 2.85. The van der Waals surface area contributed by atoms with Crippen molar-refractivity contribution in [2.24, 2.45) is 12.2 Å².